The quantitative estimate of drug-likeness (QED) is 0.882. The highest BCUT2D eigenvalue weighted by molar-refractivity contribution is 5.78. The van der Waals surface area contributed by atoms with E-state index in [9.17, 15) is 4.79 Å². The molecule has 1 atom stereocenters. The molecule has 0 radical (unpaired) electrons. The first-order valence-corrected chi connectivity index (χ1v) is 6.73. The van der Waals surface area contributed by atoms with Crippen LogP contribution >= 0.6 is 0 Å². The Morgan fingerprint density at radius 1 is 1.60 bits per heavy atom. The zero-order valence-corrected chi connectivity index (χ0v) is 11.6. The summed E-state index contributed by atoms with van der Waals surface area (Å²) in [5, 5.41) is 11.7. The molecule has 1 N–H and O–H groups in total. The first-order chi connectivity index (χ1) is 9.67. The van der Waals surface area contributed by atoms with Gasteiger partial charge in [0.25, 0.3) is 0 Å². The Balaban J connectivity index is 1.77. The van der Waals surface area contributed by atoms with E-state index in [2.05, 4.69) is 17.5 Å². The molecule has 106 valence electrons. The Morgan fingerprint density at radius 3 is 3.20 bits per heavy atom. The molecule has 1 aromatic carbocycles. The Bertz CT molecular complexity index is 510. The molecule has 5 nitrogen and oxygen atoms in total. The number of morpholine rings is 1. The average Bonchev–Trinajstić information content (AvgIpc) is 2.45. The van der Waals surface area contributed by atoms with Crippen molar-refractivity contribution in [2.24, 2.45) is 0 Å². The monoisotopic (exact) mass is 273 g/mol. The molecule has 0 spiro atoms. The maximum absolute atomic E-state index is 11.9. The largest absolute Gasteiger partial charge is 0.361 e. The molecule has 0 bridgehead atoms. The lowest BCUT2D eigenvalue weighted by molar-refractivity contribution is -0.123. The van der Waals surface area contributed by atoms with Crippen LogP contribution in [0.3, 0.4) is 0 Å². The fourth-order valence-electron chi connectivity index (χ4n) is 2.21. The molecule has 1 amide bonds. The van der Waals surface area contributed by atoms with E-state index < -0.39 is 6.10 Å². The summed E-state index contributed by atoms with van der Waals surface area (Å²) < 4.78 is 5.25. The first-order valence-electron chi connectivity index (χ1n) is 6.73. The van der Waals surface area contributed by atoms with Crippen molar-refractivity contribution in [2.75, 3.05) is 26.2 Å². The van der Waals surface area contributed by atoms with Gasteiger partial charge in [-0.1, -0.05) is 29.8 Å². The third-order valence-corrected chi connectivity index (χ3v) is 3.23. The van der Waals surface area contributed by atoms with Gasteiger partial charge in [0.05, 0.1) is 19.2 Å². The molecule has 1 aromatic rings. The maximum atomic E-state index is 11.9. The second-order valence-corrected chi connectivity index (χ2v) is 4.99. The molecule has 0 aromatic heterocycles. The minimum absolute atomic E-state index is 0.0231. The fourth-order valence-corrected chi connectivity index (χ4v) is 2.21. The number of nitrogens with one attached hydrogen (secondary N) is 1. The van der Waals surface area contributed by atoms with Crippen LogP contribution in [0, 0.1) is 18.3 Å². The van der Waals surface area contributed by atoms with Gasteiger partial charge in [-0.15, -0.1) is 0 Å². The Morgan fingerprint density at radius 2 is 2.45 bits per heavy atom. The van der Waals surface area contributed by atoms with Crippen LogP contribution in [-0.4, -0.2) is 43.2 Å². The van der Waals surface area contributed by atoms with E-state index in [0.29, 0.717) is 32.8 Å². The van der Waals surface area contributed by atoms with Gasteiger partial charge in [0.1, 0.15) is 0 Å². The number of nitriles is 1. The van der Waals surface area contributed by atoms with Gasteiger partial charge in [-0.25, -0.2) is 0 Å². The molecule has 1 aliphatic rings. The number of aryl methyl sites for hydroxylation is 1. The number of nitrogens with zero attached hydrogens (tertiary/aromatic N) is 2. The minimum Gasteiger partial charge on any atom is -0.361 e. The summed E-state index contributed by atoms with van der Waals surface area (Å²) in [5.74, 6) is -0.0231. The summed E-state index contributed by atoms with van der Waals surface area (Å²) in [6.07, 6.45) is -0.423. The van der Waals surface area contributed by atoms with Gasteiger partial charge in [0, 0.05) is 19.6 Å². The van der Waals surface area contributed by atoms with E-state index >= 15 is 0 Å². The van der Waals surface area contributed by atoms with Gasteiger partial charge < -0.3 is 10.1 Å². The topological polar surface area (TPSA) is 65.4 Å². The van der Waals surface area contributed by atoms with Crippen LogP contribution in [0.1, 0.15) is 11.1 Å². The smallest absolute Gasteiger partial charge is 0.234 e. The SMILES string of the molecule is Cc1cccc(CNC(=O)CN2CCO[C@H](C#N)C2)c1. The van der Waals surface area contributed by atoms with Gasteiger partial charge in [-0.2, -0.15) is 5.26 Å². The number of amides is 1. The summed E-state index contributed by atoms with van der Waals surface area (Å²) >= 11 is 0. The van der Waals surface area contributed by atoms with Crippen LogP contribution in [0.25, 0.3) is 0 Å². The van der Waals surface area contributed by atoms with E-state index in [-0.39, 0.29) is 5.91 Å². The maximum Gasteiger partial charge on any atom is 0.234 e. The number of hydrogen-bond donors (Lipinski definition) is 1. The Kier molecular flexibility index (Phi) is 5.10. The lowest BCUT2D eigenvalue weighted by atomic mass is 10.1. The summed E-state index contributed by atoms with van der Waals surface area (Å²) in [6, 6.07) is 10.1. The molecule has 0 unspecified atom stereocenters. The molecular weight excluding hydrogens is 254 g/mol. The number of carbonyl (C=O) groups is 1. The highest BCUT2D eigenvalue weighted by atomic mass is 16.5. The van der Waals surface area contributed by atoms with E-state index in [0.717, 1.165) is 5.56 Å². The van der Waals surface area contributed by atoms with Gasteiger partial charge in [0.15, 0.2) is 6.10 Å². The fraction of sp³-hybridized carbons (Fsp3) is 0.467. The number of ether oxygens (including phenoxy) is 1. The molecule has 0 aliphatic carbocycles. The predicted octanol–water partition coefficient (Wildman–Crippen LogP) is 0.836. The third kappa shape index (κ3) is 4.34. The molecule has 1 aliphatic heterocycles. The van der Waals surface area contributed by atoms with Crippen molar-refractivity contribution in [3.05, 3.63) is 35.4 Å². The van der Waals surface area contributed by atoms with Gasteiger partial charge in [-0.05, 0) is 12.5 Å². The predicted molar refractivity (Wildman–Crippen MR) is 74.8 cm³/mol. The Labute approximate surface area is 119 Å². The highest BCUT2D eigenvalue weighted by Crippen LogP contribution is 2.05. The molecule has 20 heavy (non-hydrogen) atoms. The van der Waals surface area contributed by atoms with Crippen LogP contribution in [0.4, 0.5) is 0 Å². The summed E-state index contributed by atoms with van der Waals surface area (Å²) in [4.78, 5) is 13.8. The van der Waals surface area contributed by atoms with Crippen molar-refractivity contribution in [1.82, 2.24) is 10.2 Å². The van der Waals surface area contributed by atoms with E-state index in [1.807, 2.05) is 30.0 Å². The van der Waals surface area contributed by atoms with Crippen LogP contribution in [0.5, 0.6) is 0 Å². The van der Waals surface area contributed by atoms with E-state index in [1.54, 1.807) is 0 Å². The van der Waals surface area contributed by atoms with Gasteiger partial charge in [-0.3, -0.25) is 9.69 Å². The third-order valence-electron chi connectivity index (χ3n) is 3.23. The molecule has 1 fully saturated rings. The summed E-state index contributed by atoms with van der Waals surface area (Å²) in [6.45, 7) is 4.56. The lowest BCUT2D eigenvalue weighted by Crippen LogP contribution is -2.46. The molecule has 5 heteroatoms. The molecule has 1 heterocycles. The second kappa shape index (κ2) is 7.04. The van der Waals surface area contributed by atoms with E-state index in [1.165, 1.54) is 5.56 Å². The van der Waals surface area contributed by atoms with Crippen LogP contribution in [0.2, 0.25) is 0 Å². The molecular formula is C15H19N3O2. The van der Waals surface area contributed by atoms with Gasteiger partial charge >= 0.3 is 0 Å². The van der Waals surface area contributed by atoms with Crippen molar-refractivity contribution in [3.8, 4) is 6.07 Å². The van der Waals surface area contributed by atoms with Crippen molar-refractivity contribution >= 4 is 5.91 Å². The number of rotatable bonds is 4. The van der Waals surface area contributed by atoms with Crippen LogP contribution in [-0.2, 0) is 16.1 Å². The summed E-state index contributed by atoms with van der Waals surface area (Å²) in [7, 11) is 0. The summed E-state index contributed by atoms with van der Waals surface area (Å²) in [5.41, 5.74) is 2.28. The zero-order chi connectivity index (χ0) is 14.4. The highest BCUT2D eigenvalue weighted by Gasteiger charge is 2.21. The minimum atomic E-state index is -0.423. The average molecular weight is 273 g/mol. The second-order valence-electron chi connectivity index (χ2n) is 4.99. The number of benzene rings is 1. The van der Waals surface area contributed by atoms with Crippen LogP contribution < -0.4 is 5.32 Å². The van der Waals surface area contributed by atoms with Crippen molar-refractivity contribution in [2.45, 2.75) is 19.6 Å². The van der Waals surface area contributed by atoms with E-state index in [4.69, 9.17) is 10.00 Å². The zero-order valence-electron chi connectivity index (χ0n) is 11.6. The molecule has 1 saturated heterocycles. The van der Waals surface area contributed by atoms with Gasteiger partial charge in [0.2, 0.25) is 5.91 Å². The Hall–Kier alpha value is -1.90. The number of carbonyl (C=O) groups excluding carboxylic acids is 1. The standard InChI is InChI=1S/C15H19N3O2/c1-12-3-2-4-13(7-12)9-17-15(19)11-18-5-6-20-14(8-16)10-18/h2-4,7,14H,5-6,9-11H2,1H3,(H,17,19)/t14-/m1/s1. The van der Waals surface area contributed by atoms with Crippen molar-refractivity contribution in [1.29, 1.82) is 5.26 Å². The normalized spacial score (nSPS) is 19.3. The first kappa shape index (κ1) is 14.5. The lowest BCUT2D eigenvalue weighted by Gasteiger charge is -2.28. The molecule has 0 saturated carbocycles. The van der Waals surface area contributed by atoms with Crippen molar-refractivity contribution in [3.63, 3.8) is 0 Å². The molecule has 2 rings (SSSR count). The van der Waals surface area contributed by atoms with Crippen molar-refractivity contribution < 1.29 is 9.53 Å². The number of hydrogen-bond acceptors (Lipinski definition) is 4. The van der Waals surface area contributed by atoms with Crippen LogP contribution in [0.15, 0.2) is 24.3 Å².